The highest BCUT2D eigenvalue weighted by atomic mass is 19.4. The summed E-state index contributed by atoms with van der Waals surface area (Å²) in [6.45, 7) is -0.131. The van der Waals surface area contributed by atoms with Crippen LogP contribution in [-0.2, 0) is 14.3 Å². The minimum Gasteiger partial charge on any atom is -0.478 e. The molecule has 23 heteroatoms. The zero-order valence-electron chi connectivity index (χ0n) is 18.7. The molecule has 0 radical (unpaired) electrons. The normalized spacial score (nSPS) is 17.0. The molecule has 0 aromatic rings. The lowest BCUT2D eigenvalue weighted by Gasteiger charge is -2.45. The van der Waals surface area contributed by atoms with Gasteiger partial charge in [0.2, 0.25) is 0 Å². The molecule has 0 spiro atoms. The molecular weight excluding hydrogens is 629 g/mol. The number of hydrogen-bond acceptors (Lipinski definition) is 3. The van der Waals surface area contributed by atoms with Crippen molar-refractivity contribution >= 4 is 11.9 Å². The van der Waals surface area contributed by atoms with Gasteiger partial charge in [0.1, 0.15) is 0 Å². The van der Waals surface area contributed by atoms with Crippen molar-refractivity contribution in [2.45, 2.75) is 73.5 Å². The Kier molecular flexibility index (Phi) is 9.63. The number of carboxylic acid groups (broad SMARTS) is 1. The average Bonchev–Trinajstić information content (AvgIpc) is 2.76. The Bertz CT molecular complexity index is 987. The van der Waals surface area contributed by atoms with Gasteiger partial charge >= 0.3 is 71.6 Å². The van der Waals surface area contributed by atoms with Crippen molar-refractivity contribution in [2.24, 2.45) is 5.92 Å². The lowest BCUT2D eigenvalue weighted by molar-refractivity contribution is -0.469. The second-order valence-electron chi connectivity index (χ2n) is 7.84. The maximum absolute atomic E-state index is 14.8. The Morgan fingerprint density at radius 3 is 1.15 bits per heavy atom. The molecule has 0 heterocycles. The fourth-order valence-corrected chi connectivity index (χ4v) is 2.41. The summed E-state index contributed by atoms with van der Waals surface area (Å²) >= 11 is 0. The summed E-state index contributed by atoms with van der Waals surface area (Å²) in [6.07, 6.45) is -7.08. The van der Waals surface area contributed by atoms with E-state index in [1.807, 2.05) is 0 Å². The number of ether oxygens (including phenoxy) is 1. The third kappa shape index (κ3) is 5.00. The molecule has 4 nitrogen and oxygen atoms in total. The number of aliphatic carboxylic acids is 1. The summed E-state index contributed by atoms with van der Waals surface area (Å²) < 4.78 is 261. The molecule has 40 heavy (non-hydrogen) atoms. The van der Waals surface area contributed by atoms with Gasteiger partial charge in [-0.3, -0.25) is 0 Å². The standard InChI is InChI=1S/C17H11F19O4/c1-5(2)10(22,40-7(39)4-3-6(37)38)12(25,26)14(29,30)16(33,34)17(35,36)15(31,32)13(27,28)11(23,24)9(20,21)8(18)19/h3-5,8H,1-2H3,(H,37,38). The predicted molar refractivity (Wildman–Crippen MR) is 87.1 cm³/mol. The third-order valence-corrected chi connectivity index (χ3v) is 4.84. The minimum absolute atomic E-state index is 0.0653. The summed E-state index contributed by atoms with van der Waals surface area (Å²) in [5.41, 5.74) is 0. The number of hydrogen-bond donors (Lipinski definition) is 1. The van der Waals surface area contributed by atoms with Crippen LogP contribution in [0.3, 0.4) is 0 Å². The second-order valence-corrected chi connectivity index (χ2v) is 7.84. The van der Waals surface area contributed by atoms with Crippen LogP contribution in [0.25, 0.3) is 0 Å². The summed E-state index contributed by atoms with van der Waals surface area (Å²) in [5.74, 6) is -82.4. The summed E-state index contributed by atoms with van der Waals surface area (Å²) in [6, 6.07) is 0. The molecule has 1 unspecified atom stereocenters. The molecule has 236 valence electrons. The van der Waals surface area contributed by atoms with Crippen LogP contribution < -0.4 is 0 Å². The Hall–Kier alpha value is -2.65. The molecule has 0 fully saturated rings. The van der Waals surface area contributed by atoms with Gasteiger partial charge < -0.3 is 9.84 Å². The topological polar surface area (TPSA) is 63.6 Å². The SMILES string of the molecule is CC(C)C(F)(OC(=O)C=CC(=O)O)C(F)(F)C(F)(F)C(F)(F)C(F)(F)C(F)(F)C(F)(F)C(F)(F)C(F)(F)C(F)F. The molecule has 0 saturated heterocycles. The molecule has 0 saturated carbocycles. The number of alkyl halides is 19. The number of carbonyl (C=O) groups excluding carboxylic acids is 1. The van der Waals surface area contributed by atoms with Crippen LogP contribution in [0.4, 0.5) is 83.4 Å². The van der Waals surface area contributed by atoms with Crippen molar-refractivity contribution in [1.29, 1.82) is 0 Å². The van der Waals surface area contributed by atoms with Gasteiger partial charge in [-0.25, -0.2) is 18.4 Å². The second kappa shape index (κ2) is 10.3. The Morgan fingerprint density at radius 2 is 0.875 bits per heavy atom. The first-order valence-corrected chi connectivity index (χ1v) is 9.33. The van der Waals surface area contributed by atoms with Crippen LogP contribution in [0.5, 0.6) is 0 Å². The molecule has 0 amide bonds. The Balaban J connectivity index is 7.16. The number of halogens is 19. The van der Waals surface area contributed by atoms with Crippen molar-refractivity contribution in [3.05, 3.63) is 12.2 Å². The van der Waals surface area contributed by atoms with E-state index < -0.39 is 83.6 Å². The van der Waals surface area contributed by atoms with Crippen LogP contribution in [-0.4, -0.2) is 76.7 Å². The molecule has 0 aliphatic carbocycles. The Labute approximate surface area is 207 Å². The molecule has 0 bridgehead atoms. The predicted octanol–water partition coefficient (Wildman–Crippen LogP) is 6.84. The molecule has 0 aliphatic heterocycles. The Morgan fingerprint density at radius 1 is 0.575 bits per heavy atom. The maximum Gasteiger partial charge on any atom is 0.385 e. The number of rotatable bonds is 13. The highest BCUT2D eigenvalue weighted by Crippen LogP contribution is 2.65. The van der Waals surface area contributed by atoms with Crippen LogP contribution in [0.2, 0.25) is 0 Å². The maximum atomic E-state index is 14.8. The number of carbonyl (C=O) groups is 2. The van der Waals surface area contributed by atoms with E-state index in [0.29, 0.717) is 0 Å². The first-order chi connectivity index (χ1) is 17.2. The first-order valence-electron chi connectivity index (χ1n) is 9.33. The number of esters is 1. The van der Waals surface area contributed by atoms with Gasteiger partial charge in [0.25, 0.3) is 0 Å². The lowest BCUT2D eigenvalue weighted by atomic mass is 9.84. The zero-order chi connectivity index (χ0) is 32.9. The van der Waals surface area contributed by atoms with Crippen molar-refractivity contribution in [2.75, 3.05) is 0 Å². The number of carboxylic acids is 1. The van der Waals surface area contributed by atoms with E-state index in [9.17, 15) is 93.0 Å². The smallest absolute Gasteiger partial charge is 0.385 e. The van der Waals surface area contributed by atoms with E-state index in [0.717, 1.165) is 0 Å². The first kappa shape index (κ1) is 37.4. The van der Waals surface area contributed by atoms with Gasteiger partial charge in [-0.15, -0.1) is 0 Å². The highest BCUT2D eigenvalue weighted by Gasteiger charge is 2.97. The highest BCUT2D eigenvalue weighted by molar-refractivity contribution is 5.90. The molecule has 0 aliphatic rings. The molecular formula is C17H11F19O4. The van der Waals surface area contributed by atoms with Gasteiger partial charge in [-0.05, 0) is 0 Å². The summed E-state index contributed by atoms with van der Waals surface area (Å²) in [4.78, 5) is 21.5. The quantitative estimate of drug-likeness (QED) is 0.136. The van der Waals surface area contributed by atoms with E-state index in [1.54, 1.807) is 0 Å². The average molecular weight is 640 g/mol. The van der Waals surface area contributed by atoms with E-state index in [4.69, 9.17) is 5.11 Å². The molecule has 1 atom stereocenters. The van der Waals surface area contributed by atoms with Crippen molar-refractivity contribution in [3.8, 4) is 0 Å². The van der Waals surface area contributed by atoms with Gasteiger partial charge in [-0.1, -0.05) is 13.8 Å². The fourth-order valence-electron chi connectivity index (χ4n) is 2.41. The van der Waals surface area contributed by atoms with Gasteiger partial charge in [-0.2, -0.15) is 74.6 Å². The zero-order valence-corrected chi connectivity index (χ0v) is 18.7. The van der Waals surface area contributed by atoms with Crippen molar-refractivity contribution in [1.82, 2.24) is 0 Å². The molecule has 0 aromatic heterocycles. The van der Waals surface area contributed by atoms with Crippen LogP contribution in [0.1, 0.15) is 13.8 Å². The largest absolute Gasteiger partial charge is 0.478 e. The monoisotopic (exact) mass is 640 g/mol. The van der Waals surface area contributed by atoms with E-state index in [2.05, 4.69) is 4.74 Å². The van der Waals surface area contributed by atoms with E-state index in [1.165, 1.54) is 0 Å². The summed E-state index contributed by atoms with van der Waals surface area (Å²) in [7, 11) is 0. The van der Waals surface area contributed by atoms with Crippen LogP contribution >= 0.6 is 0 Å². The third-order valence-electron chi connectivity index (χ3n) is 4.84. The van der Waals surface area contributed by atoms with E-state index >= 15 is 0 Å². The van der Waals surface area contributed by atoms with Crippen molar-refractivity contribution in [3.63, 3.8) is 0 Å². The minimum atomic E-state index is -9.04. The molecule has 0 aromatic carbocycles. The fraction of sp³-hybridized carbons (Fsp3) is 0.765. The van der Waals surface area contributed by atoms with Crippen molar-refractivity contribution < 1.29 is 103 Å². The van der Waals surface area contributed by atoms with Crippen LogP contribution in [0, 0.1) is 5.92 Å². The molecule has 0 rings (SSSR count). The molecule has 1 N–H and O–H groups in total. The van der Waals surface area contributed by atoms with Gasteiger partial charge in [0.15, 0.2) is 0 Å². The van der Waals surface area contributed by atoms with E-state index in [-0.39, 0.29) is 19.9 Å². The lowest BCUT2D eigenvalue weighted by Crippen LogP contribution is -2.77. The van der Waals surface area contributed by atoms with Gasteiger partial charge in [0, 0.05) is 18.1 Å². The van der Waals surface area contributed by atoms with Gasteiger partial charge in [0.05, 0.1) is 0 Å². The van der Waals surface area contributed by atoms with Crippen LogP contribution in [0.15, 0.2) is 12.2 Å². The summed E-state index contributed by atoms with van der Waals surface area (Å²) in [5, 5.41) is 8.22.